The molecule has 0 aliphatic heterocycles. The van der Waals surface area contributed by atoms with Gasteiger partial charge in [0.05, 0.1) is 17.5 Å². The number of nitrogens with zero attached hydrogens (tertiary/aromatic N) is 4. The minimum atomic E-state index is 0.591. The zero-order valence-corrected chi connectivity index (χ0v) is 10.0. The normalized spacial score (nSPS) is 11.1. The third-order valence-electron chi connectivity index (χ3n) is 2.30. The number of aromatic nitrogens is 4. The number of aryl methyl sites for hydroxylation is 1. The van der Waals surface area contributed by atoms with Crippen LogP contribution in [-0.4, -0.2) is 19.5 Å². The summed E-state index contributed by atoms with van der Waals surface area (Å²) in [5.74, 6) is 1.94. The zero-order valence-electron chi connectivity index (χ0n) is 9.20. The molecule has 0 atom stereocenters. The molecule has 0 N–H and O–H groups in total. The Hall–Kier alpha value is -1.82. The van der Waals surface area contributed by atoms with Crippen LogP contribution in [0.25, 0.3) is 5.52 Å². The fraction of sp³-hybridized carbons (Fsp3) is 0.182. The summed E-state index contributed by atoms with van der Waals surface area (Å²) in [5, 5.41) is 4.78. The lowest BCUT2D eigenvalue weighted by molar-refractivity contribution is 0.389. The smallest absolute Gasteiger partial charge is 0.223 e. The van der Waals surface area contributed by atoms with Gasteiger partial charge in [0.2, 0.25) is 5.89 Å². The van der Waals surface area contributed by atoms with Crippen molar-refractivity contribution < 1.29 is 4.52 Å². The molecule has 0 amide bonds. The van der Waals surface area contributed by atoms with Crippen molar-refractivity contribution in [1.82, 2.24) is 19.5 Å². The van der Waals surface area contributed by atoms with Crippen LogP contribution in [0.3, 0.4) is 0 Å². The molecule has 86 valence electrons. The maximum atomic E-state index is 4.92. The molecule has 3 rings (SSSR count). The average molecular weight is 246 g/mol. The number of thioether (sulfide) groups is 1. The van der Waals surface area contributed by atoms with Gasteiger partial charge in [0.25, 0.3) is 0 Å². The first kappa shape index (κ1) is 10.3. The van der Waals surface area contributed by atoms with Crippen molar-refractivity contribution in [1.29, 1.82) is 0 Å². The molecule has 0 fully saturated rings. The Labute approximate surface area is 102 Å². The van der Waals surface area contributed by atoms with Crippen LogP contribution in [0.15, 0.2) is 40.3 Å². The Morgan fingerprint density at radius 3 is 3.18 bits per heavy atom. The lowest BCUT2D eigenvalue weighted by atomic mass is 10.4. The predicted molar refractivity (Wildman–Crippen MR) is 63.8 cm³/mol. The van der Waals surface area contributed by atoms with Gasteiger partial charge in [-0.1, -0.05) is 23.0 Å². The van der Waals surface area contributed by atoms with Gasteiger partial charge >= 0.3 is 0 Å². The average Bonchev–Trinajstić information content (AvgIpc) is 2.93. The van der Waals surface area contributed by atoms with E-state index in [1.807, 2.05) is 35.0 Å². The molecule has 0 spiro atoms. The molecule has 0 aromatic carbocycles. The van der Waals surface area contributed by atoms with Gasteiger partial charge in [0, 0.05) is 13.1 Å². The van der Waals surface area contributed by atoms with Crippen LogP contribution in [0.1, 0.15) is 11.7 Å². The summed E-state index contributed by atoms with van der Waals surface area (Å²) in [5.41, 5.74) is 1.08. The molecule has 5 nitrogen and oxygen atoms in total. The van der Waals surface area contributed by atoms with E-state index >= 15 is 0 Å². The van der Waals surface area contributed by atoms with Crippen molar-refractivity contribution in [2.45, 2.75) is 17.8 Å². The molecule has 0 aliphatic carbocycles. The van der Waals surface area contributed by atoms with E-state index in [9.17, 15) is 0 Å². The van der Waals surface area contributed by atoms with Gasteiger partial charge in [0.15, 0.2) is 11.0 Å². The maximum absolute atomic E-state index is 4.92. The second-order valence-electron chi connectivity index (χ2n) is 3.55. The summed E-state index contributed by atoms with van der Waals surface area (Å²) < 4.78 is 6.96. The van der Waals surface area contributed by atoms with Crippen molar-refractivity contribution in [2.24, 2.45) is 0 Å². The van der Waals surface area contributed by atoms with Gasteiger partial charge in [0.1, 0.15) is 0 Å². The molecule has 17 heavy (non-hydrogen) atoms. The summed E-state index contributed by atoms with van der Waals surface area (Å²) in [7, 11) is 0. The highest BCUT2D eigenvalue weighted by Crippen LogP contribution is 2.21. The van der Waals surface area contributed by atoms with Crippen molar-refractivity contribution in [3.05, 3.63) is 42.3 Å². The van der Waals surface area contributed by atoms with Crippen LogP contribution in [0.2, 0.25) is 0 Å². The maximum Gasteiger partial charge on any atom is 0.223 e. The molecule has 3 aromatic heterocycles. The van der Waals surface area contributed by atoms with E-state index in [1.165, 1.54) is 0 Å². The fourth-order valence-electron chi connectivity index (χ4n) is 1.56. The van der Waals surface area contributed by atoms with Crippen molar-refractivity contribution in [3.63, 3.8) is 0 Å². The van der Waals surface area contributed by atoms with Crippen molar-refractivity contribution in [3.8, 4) is 0 Å². The number of rotatable bonds is 3. The van der Waals surface area contributed by atoms with Crippen LogP contribution in [0, 0.1) is 6.92 Å². The molecular formula is C11H10N4OS. The molecule has 0 saturated carbocycles. The molecule has 0 unspecified atom stereocenters. The quantitative estimate of drug-likeness (QED) is 0.664. The highest BCUT2D eigenvalue weighted by Gasteiger charge is 2.07. The van der Waals surface area contributed by atoms with Gasteiger partial charge in [-0.15, -0.1) is 0 Å². The van der Waals surface area contributed by atoms with E-state index in [-0.39, 0.29) is 0 Å². The van der Waals surface area contributed by atoms with E-state index in [4.69, 9.17) is 4.52 Å². The Balaban J connectivity index is 1.81. The topological polar surface area (TPSA) is 56.2 Å². The Kier molecular flexibility index (Phi) is 2.56. The second kappa shape index (κ2) is 4.21. The van der Waals surface area contributed by atoms with Gasteiger partial charge in [-0.25, -0.2) is 4.98 Å². The summed E-state index contributed by atoms with van der Waals surface area (Å²) in [6.07, 6.45) is 3.84. The summed E-state index contributed by atoms with van der Waals surface area (Å²) in [4.78, 5) is 8.51. The standard InChI is InChI=1S/C11H10N4OS/c1-8-13-10(14-16-8)7-17-11-12-6-9-4-2-3-5-15(9)11/h2-6H,7H2,1H3. The molecule has 0 radical (unpaired) electrons. The Morgan fingerprint density at radius 2 is 2.35 bits per heavy atom. The van der Waals surface area contributed by atoms with E-state index < -0.39 is 0 Å². The predicted octanol–water partition coefficient (Wildman–Crippen LogP) is 2.32. The third kappa shape index (κ3) is 2.03. The highest BCUT2D eigenvalue weighted by atomic mass is 32.2. The minimum absolute atomic E-state index is 0.591. The number of hydrogen-bond donors (Lipinski definition) is 0. The number of fused-ring (bicyclic) bond motifs is 1. The van der Waals surface area contributed by atoms with Crippen LogP contribution in [-0.2, 0) is 5.75 Å². The van der Waals surface area contributed by atoms with E-state index in [0.29, 0.717) is 17.5 Å². The minimum Gasteiger partial charge on any atom is -0.340 e. The zero-order chi connectivity index (χ0) is 11.7. The molecule has 3 heterocycles. The van der Waals surface area contributed by atoms with Crippen LogP contribution in [0.5, 0.6) is 0 Å². The first-order valence-electron chi connectivity index (χ1n) is 5.17. The number of pyridine rings is 1. The molecule has 0 aliphatic rings. The van der Waals surface area contributed by atoms with E-state index in [0.717, 1.165) is 10.7 Å². The van der Waals surface area contributed by atoms with Crippen molar-refractivity contribution in [2.75, 3.05) is 0 Å². The van der Waals surface area contributed by atoms with Crippen LogP contribution in [0.4, 0.5) is 0 Å². The van der Waals surface area contributed by atoms with E-state index in [2.05, 4.69) is 15.1 Å². The van der Waals surface area contributed by atoms with Gasteiger partial charge < -0.3 is 4.52 Å². The highest BCUT2D eigenvalue weighted by molar-refractivity contribution is 7.98. The number of imidazole rings is 1. The number of hydrogen-bond acceptors (Lipinski definition) is 5. The first-order chi connectivity index (χ1) is 8.33. The fourth-order valence-corrected chi connectivity index (χ4v) is 2.36. The molecule has 0 bridgehead atoms. The molecular weight excluding hydrogens is 236 g/mol. The largest absolute Gasteiger partial charge is 0.340 e. The Bertz CT molecular complexity index is 646. The molecule has 0 saturated heterocycles. The lowest BCUT2D eigenvalue weighted by Gasteiger charge is -1.97. The molecule has 6 heteroatoms. The molecule has 3 aromatic rings. The van der Waals surface area contributed by atoms with E-state index in [1.54, 1.807) is 18.7 Å². The monoisotopic (exact) mass is 246 g/mol. The van der Waals surface area contributed by atoms with Gasteiger partial charge in [-0.2, -0.15) is 4.98 Å². The second-order valence-corrected chi connectivity index (χ2v) is 4.50. The summed E-state index contributed by atoms with van der Waals surface area (Å²) in [6, 6.07) is 6.00. The van der Waals surface area contributed by atoms with Crippen LogP contribution < -0.4 is 0 Å². The van der Waals surface area contributed by atoms with Gasteiger partial charge in [-0.3, -0.25) is 4.40 Å². The SMILES string of the molecule is Cc1nc(CSc2ncc3ccccn23)no1. The lowest BCUT2D eigenvalue weighted by Crippen LogP contribution is -1.89. The first-order valence-corrected chi connectivity index (χ1v) is 6.15. The third-order valence-corrected chi connectivity index (χ3v) is 3.27. The Morgan fingerprint density at radius 1 is 1.41 bits per heavy atom. The van der Waals surface area contributed by atoms with Crippen LogP contribution >= 0.6 is 11.8 Å². The van der Waals surface area contributed by atoms with Crippen molar-refractivity contribution >= 4 is 17.3 Å². The summed E-state index contributed by atoms with van der Waals surface area (Å²) >= 11 is 1.59. The summed E-state index contributed by atoms with van der Waals surface area (Å²) in [6.45, 7) is 1.78. The van der Waals surface area contributed by atoms with Gasteiger partial charge in [-0.05, 0) is 12.1 Å².